The maximum absolute atomic E-state index is 11.9. The van der Waals surface area contributed by atoms with Crippen LogP contribution in [-0.4, -0.2) is 42.5 Å². The summed E-state index contributed by atoms with van der Waals surface area (Å²) in [5.41, 5.74) is 5.63. The monoisotopic (exact) mass is 255 g/mol. The van der Waals surface area contributed by atoms with Gasteiger partial charge in [0.25, 0.3) is 0 Å². The highest BCUT2D eigenvalue weighted by molar-refractivity contribution is 5.77. The molecule has 0 aromatic carbocycles. The Kier molecular flexibility index (Phi) is 5.17. The van der Waals surface area contributed by atoms with E-state index in [1.807, 2.05) is 20.8 Å². The minimum atomic E-state index is -0.167. The zero-order valence-electron chi connectivity index (χ0n) is 12.5. The van der Waals surface area contributed by atoms with Gasteiger partial charge in [0.05, 0.1) is 0 Å². The summed E-state index contributed by atoms with van der Waals surface area (Å²) >= 11 is 0. The van der Waals surface area contributed by atoms with E-state index in [9.17, 15) is 4.79 Å². The molecule has 0 radical (unpaired) electrons. The Morgan fingerprint density at radius 3 is 2.44 bits per heavy atom. The van der Waals surface area contributed by atoms with Gasteiger partial charge in [-0.2, -0.15) is 0 Å². The van der Waals surface area contributed by atoms with Crippen LogP contribution in [0.4, 0.5) is 0 Å². The summed E-state index contributed by atoms with van der Waals surface area (Å²) in [4.78, 5) is 14.2. The van der Waals surface area contributed by atoms with Gasteiger partial charge in [-0.25, -0.2) is 0 Å². The zero-order valence-corrected chi connectivity index (χ0v) is 12.5. The number of rotatable bonds is 6. The summed E-state index contributed by atoms with van der Waals surface area (Å²) in [7, 11) is 2.08. The molecule has 0 heterocycles. The van der Waals surface area contributed by atoms with Gasteiger partial charge in [-0.15, -0.1) is 0 Å². The van der Waals surface area contributed by atoms with Crippen LogP contribution >= 0.6 is 0 Å². The minimum absolute atomic E-state index is 0.0913. The predicted molar refractivity (Wildman–Crippen MR) is 75.3 cm³/mol. The SMILES string of the molecule is CC1CC1CN(C)C(CN)CC(=O)NC(C)(C)C. The van der Waals surface area contributed by atoms with Crippen molar-refractivity contribution in [1.82, 2.24) is 10.2 Å². The van der Waals surface area contributed by atoms with E-state index < -0.39 is 0 Å². The van der Waals surface area contributed by atoms with Crippen LogP contribution in [0.2, 0.25) is 0 Å². The summed E-state index contributed by atoms with van der Waals surface area (Å²) in [6.07, 6.45) is 1.81. The fourth-order valence-corrected chi connectivity index (χ4v) is 2.27. The van der Waals surface area contributed by atoms with Gasteiger partial charge in [0.1, 0.15) is 0 Å². The smallest absolute Gasteiger partial charge is 0.222 e. The molecule has 1 saturated carbocycles. The second kappa shape index (κ2) is 6.02. The van der Waals surface area contributed by atoms with Crippen molar-refractivity contribution in [1.29, 1.82) is 0 Å². The Morgan fingerprint density at radius 2 is 2.06 bits per heavy atom. The molecule has 1 fully saturated rings. The minimum Gasteiger partial charge on any atom is -0.351 e. The number of likely N-dealkylation sites (N-methyl/N-ethyl adjacent to an activating group) is 1. The van der Waals surface area contributed by atoms with Crippen LogP contribution in [0.5, 0.6) is 0 Å². The molecule has 1 aliphatic carbocycles. The highest BCUT2D eigenvalue weighted by atomic mass is 16.1. The standard InChI is InChI=1S/C14H29N3O/c1-10-6-11(10)9-17(5)12(8-15)7-13(18)16-14(2,3)4/h10-12H,6-9,15H2,1-5H3,(H,16,18). The second-order valence-corrected chi connectivity index (χ2v) is 6.80. The summed E-state index contributed by atoms with van der Waals surface area (Å²) in [6, 6.07) is 0.153. The molecule has 1 aliphatic rings. The van der Waals surface area contributed by atoms with Crippen molar-refractivity contribution < 1.29 is 4.79 Å². The molecule has 0 aromatic heterocycles. The second-order valence-electron chi connectivity index (χ2n) is 6.80. The Hall–Kier alpha value is -0.610. The molecule has 18 heavy (non-hydrogen) atoms. The van der Waals surface area contributed by atoms with Gasteiger partial charge in [-0.3, -0.25) is 4.79 Å². The van der Waals surface area contributed by atoms with Crippen molar-refractivity contribution in [3.63, 3.8) is 0 Å². The van der Waals surface area contributed by atoms with E-state index in [-0.39, 0.29) is 17.5 Å². The van der Waals surface area contributed by atoms with Gasteiger partial charge >= 0.3 is 0 Å². The molecule has 3 atom stereocenters. The molecule has 0 saturated heterocycles. The van der Waals surface area contributed by atoms with Gasteiger partial charge in [0, 0.05) is 31.1 Å². The van der Waals surface area contributed by atoms with E-state index in [0.29, 0.717) is 13.0 Å². The number of carbonyl (C=O) groups is 1. The third kappa shape index (κ3) is 5.36. The van der Waals surface area contributed by atoms with Crippen LogP contribution in [0.3, 0.4) is 0 Å². The first-order valence-electron chi connectivity index (χ1n) is 6.94. The van der Waals surface area contributed by atoms with Crippen molar-refractivity contribution >= 4 is 5.91 Å². The van der Waals surface area contributed by atoms with Crippen LogP contribution < -0.4 is 11.1 Å². The van der Waals surface area contributed by atoms with Crippen molar-refractivity contribution in [3.8, 4) is 0 Å². The van der Waals surface area contributed by atoms with Crippen LogP contribution in [0.15, 0.2) is 0 Å². The molecule has 1 rings (SSSR count). The topological polar surface area (TPSA) is 58.4 Å². The summed E-state index contributed by atoms with van der Waals surface area (Å²) in [5, 5.41) is 3.00. The lowest BCUT2D eigenvalue weighted by atomic mass is 10.1. The molecule has 4 nitrogen and oxygen atoms in total. The third-order valence-electron chi connectivity index (χ3n) is 3.63. The molecule has 4 heteroatoms. The molecule has 1 amide bonds. The van der Waals surface area contributed by atoms with Crippen LogP contribution in [0.25, 0.3) is 0 Å². The summed E-state index contributed by atoms with van der Waals surface area (Å²) < 4.78 is 0. The summed E-state index contributed by atoms with van der Waals surface area (Å²) in [6.45, 7) is 9.87. The van der Waals surface area contributed by atoms with Crippen molar-refractivity contribution in [3.05, 3.63) is 0 Å². The number of nitrogens with two attached hydrogens (primary N) is 1. The number of nitrogens with one attached hydrogen (secondary N) is 1. The Bertz CT molecular complexity index is 285. The maximum atomic E-state index is 11.9. The zero-order chi connectivity index (χ0) is 13.9. The molecule has 3 unspecified atom stereocenters. The molecule has 0 spiro atoms. The van der Waals surface area contributed by atoms with E-state index in [1.165, 1.54) is 6.42 Å². The lowest BCUT2D eigenvalue weighted by Crippen LogP contribution is -2.46. The van der Waals surface area contributed by atoms with Gasteiger partial charge < -0.3 is 16.0 Å². The Balaban J connectivity index is 2.38. The number of carbonyl (C=O) groups excluding carboxylic acids is 1. The Morgan fingerprint density at radius 1 is 1.50 bits per heavy atom. The maximum Gasteiger partial charge on any atom is 0.222 e. The molecular weight excluding hydrogens is 226 g/mol. The first-order chi connectivity index (χ1) is 8.23. The Labute approximate surface area is 111 Å². The number of amides is 1. The number of hydrogen-bond acceptors (Lipinski definition) is 3. The van der Waals surface area contributed by atoms with E-state index in [1.54, 1.807) is 0 Å². The van der Waals surface area contributed by atoms with Crippen molar-refractivity contribution in [2.45, 2.75) is 52.1 Å². The first-order valence-corrected chi connectivity index (χ1v) is 6.94. The fourth-order valence-electron chi connectivity index (χ4n) is 2.27. The lowest BCUT2D eigenvalue weighted by molar-refractivity contribution is -0.123. The predicted octanol–water partition coefficient (Wildman–Crippen LogP) is 1.21. The van der Waals surface area contributed by atoms with Crippen LogP contribution in [0, 0.1) is 11.8 Å². The first kappa shape index (κ1) is 15.4. The van der Waals surface area contributed by atoms with Gasteiger partial charge in [-0.1, -0.05) is 6.92 Å². The highest BCUT2D eigenvalue weighted by Crippen LogP contribution is 2.38. The molecule has 106 valence electrons. The molecule has 0 aromatic rings. The lowest BCUT2D eigenvalue weighted by Gasteiger charge is -2.28. The highest BCUT2D eigenvalue weighted by Gasteiger charge is 2.34. The van der Waals surface area contributed by atoms with E-state index in [2.05, 4.69) is 24.2 Å². The normalized spacial score (nSPS) is 25.1. The van der Waals surface area contributed by atoms with E-state index in [0.717, 1.165) is 18.4 Å². The fraction of sp³-hybridized carbons (Fsp3) is 0.929. The number of hydrogen-bond donors (Lipinski definition) is 2. The average Bonchev–Trinajstić information content (AvgIpc) is 2.87. The van der Waals surface area contributed by atoms with E-state index >= 15 is 0 Å². The van der Waals surface area contributed by atoms with Crippen molar-refractivity contribution in [2.24, 2.45) is 17.6 Å². The molecular formula is C14H29N3O. The van der Waals surface area contributed by atoms with Crippen LogP contribution in [-0.2, 0) is 4.79 Å². The van der Waals surface area contributed by atoms with E-state index in [4.69, 9.17) is 5.73 Å². The van der Waals surface area contributed by atoms with Crippen molar-refractivity contribution in [2.75, 3.05) is 20.1 Å². The third-order valence-corrected chi connectivity index (χ3v) is 3.63. The van der Waals surface area contributed by atoms with Crippen LogP contribution in [0.1, 0.15) is 40.5 Å². The largest absolute Gasteiger partial charge is 0.351 e. The molecule has 0 aliphatic heterocycles. The molecule has 0 bridgehead atoms. The number of nitrogens with zero attached hydrogens (tertiary/aromatic N) is 1. The quantitative estimate of drug-likeness (QED) is 0.750. The van der Waals surface area contributed by atoms with Gasteiger partial charge in [0.15, 0.2) is 0 Å². The average molecular weight is 255 g/mol. The molecule has 3 N–H and O–H groups in total. The van der Waals surface area contributed by atoms with Gasteiger partial charge in [-0.05, 0) is 46.1 Å². The summed E-state index contributed by atoms with van der Waals surface area (Å²) in [5.74, 6) is 1.73. The van der Waals surface area contributed by atoms with Gasteiger partial charge in [0.2, 0.25) is 5.91 Å².